The van der Waals surface area contributed by atoms with Gasteiger partial charge >= 0.3 is 0 Å². The minimum absolute atomic E-state index is 0.167. The molecule has 0 aromatic rings. The molecule has 0 aromatic heterocycles. The molecule has 0 radical (unpaired) electrons. The predicted octanol–water partition coefficient (Wildman–Crippen LogP) is 1.06. The van der Waals surface area contributed by atoms with E-state index < -0.39 is 8.14 Å². The topological polar surface area (TPSA) is 37.3 Å². The highest BCUT2D eigenvalue weighted by Crippen LogP contribution is 1.67. The third-order valence-corrected chi connectivity index (χ3v) is 0. The van der Waals surface area contributed by atoms with Crippen LogP contribution in [-0.4, -0.2) is 25.6 Å². The van der Waals surface area contributed by atoms with Crippen LogP contribution in [0.5, 0.6) is 0 Å². The van der Waals surface area contributed by atoms with Crippen molar-refractivity contribution in [2.45, 2.75) is 20.8 Å². The number of rotatable bonds is 0. The van der Waals surface area contributed by atoms with Crippen LogP contribution in [0.15, 0.2) is 0 Å². The van der Waals surface area contributed by atoms with Crippen LogP contribution in [0.3, 0.4) is 0 Å². The second-order valence-electron chi connectivity index (χ2n) is 1.33. The fourth-order valence-electron chi connectivity index (χ4n) is 0. The molecule has 5 heteroatoms. The molecular formula is C5H14Cl2O2Si. The molecule has 0 aliphatic rings. The molecule has 0 spiro atoms. The van der Waals surface area contributed by atoms with E-state index in [9.17, 15) is 4.79 Å². The van der Waals surface area contributed by atoms with Gasteiger partial charge in [-0.2, -0.15) is 22.2 Å². The van der Waals surface area contributed by atoms with Crippen molar-refractivity contribution >= 4 is 36.1 Å². The van der Waals surface area contributed by atoms with E-state index in [0.29, 0.717) is 0 Å². The summed E-state index contributed by atoms with van der Waals surface area (Å²) in [6, 6.07) is 0. The Morgan fingerprint density at radius 1 is 1.50 bits per heavy atom. The van der Waals surface area contributed by atoms with E-state index in [1.54, 1.807) is 6.92 Å². The Kier molecular flexibility index (Phi) is 38.2. The number of halogens is 2. The lowest BCUT2D eigenvalue weighted by Gasteiger charge is -1.56. The van der Waals surface area contributed by atoms with Crippen LogP contribution in [0.1, 0.15) is 20.8 Å². The van der Waals surface area contributed by atoms with Gasteiger partial charge in [-0.05, 0) is 20.8 Å². The van der Waals surface area contributed by atoms with Gasteiger partial charge in [-0.1, -0.05) is 0 Å². The van der Waals surface area contributed by atoms with Gasteiger partial charge in [0.15, 0.2) is 0 Å². The van der Waals surface area contributed by atoms with Crippen LogP contribution in [0.4, 0.5) is 0 Å². The van der Waals surface area contributed by atoms with Crippen molar-refractivity contribution in [2.24, 2.45) is 0 Å². The first kappa shape index (κ1) is 16.8. The number of hydrogen-bond donors (Lipinski definition) is 1. The van der Waals surface area contributed by atoms with Gasteiger partial charge in [-0.3, -0.25) is 0 Å². The summed E-state index contributed by atoms with van der Waals surface area (Å²) in [5.74, 6) is 0.167. The molecule has 0 aliphatic heterocycles. The third-order valence-electron chi connectivity index (χ3n) is 0. The van der Waals surface area contributed by atoms with E-state index in [2.05, 4.69) is 0 Å². The zero-order valence-electron chi connectivity index (χ0n) is 6.53. The highest BCUT2D eigenvalue weighted by Gasteiger charge is 1.62. The van der Waals surface area contributed by atoms with Crippen molar-refractivity contribution < 1.29 is 9.90 Å². The molecule has 1 N–H and O–H groups in total. The van der Waals surface area contributed by atoms with Crippen LogP contribution < -0.4 is 0 Å². The molecule has 2 nitrogen and oxygen atoms in total. The van der Waals surface area contributed by atoms with E-state index in [4.69, 9.17) is 27.3 Å². The molecule has 64 valence electrons. The SMILES string of the molecule is CC(C)=O.CCO.Cl[SiH2]Cl. The summed E-state index contributed by atoms with van der Waals surface area (Å²) in [5, 5.41) is 7.57. The highest BCUT2D eigenvalue weighted by molar-refractivity contribution is 7.22. The Morgan fingerprint density at radius 3 is 1.50 bits per heavy atom. The fourth-order valence-corrected chi connectivity index (χ4v) is 0. The number of hydrogen-bond acceptors (Lipinski definition) is 2. The lowest BCUT2D eigenvalue weighted by molar-refractivity contribution is -0.114. The van der Waals surface area contributed by atoms with Crippen molar-refractivity contribution in [3.63, 3.8) is 0 Å². The molecule has 0 saturated heterocycles. The summed E-state index contributed by atoms with van der Waals surface area (Å²) in [4.78, 5) is 9.44. The number of ketones is 1. The number of carbonyl (C=O) groups is 1. The number of aliphatic hydroxyl groups excluding tert-OH is 1. The zero-order valence-corrected chi connectivity index (χ0v) is 9.45. The summed E-state index contributed by atoms with van der Waals surface area (Å²) < 4.78 is 0. The third kappa shape index (κ3) is 2550. The average molecular weight is 205 g/mol. The average Bonchev–Trinajstić information content (AvgIpc) is 1.65. The monoisotopic (exact) mass is 204 g/mol. The van der Waals surface area contributed by atoms with Crippen LogP contribution in [0, 0.1) is 0 Å². The first-order valence-electron chi connectivity index (χ1n) is 2.76. The van der Waals surface area contributed by atoms with Crippen molar-refractivity contribution in [3.8, 4) is 0 Å². The Morgan fingerprint density at radius 2 is 1.50 bits per heavy atom. The molecule has 0 fully saturated rings. The summed E-state index contributed by atoms with van der Waals surface area (Å²) in [6.45, 7) is 4.99. The molecule has 0 aliphatic carbocycles. The molecule has 0 aromatic carbocycles. The Bertz CT molecular complexity index is 55.6. The van der Waals surface area contributed by atoms with Crippen LogP contribution >= 0.6 is 22.2 Å². The maximum Gasteiger partial charge on any atom is 0.222 e. The number of Topliss-reactive ketones (excluding diaryl/α,β-unsaturated/α-hetero) is 1. The second kappa shape index (κ2) is 22.7. The summed E-state index contributed by atoms with van der Waals surface area (Å²) >= 11 is 9.81. The van der Waals surface area contributed by atoms with Crippen molar-refractivity contribution in [1.82, 2.24) is 0 Å². The smallest absolute Gasteiger partial charge is 0.222 e. The Labute approximate surface area is 73.8 Å². The van der Waals surface area contributed by atoms with Gasteiger partial charge in [0, 0.05) is 6.61 Å². The molecule has 10 heavy (non-hydrogen) atoms. The minimum Gasteiger partial charge on any atom is -0.397 e. The fraction of sp³-hybridized carbons (Fsp3) is 0.800. The molecule has 0 rings (SSSR count). The lowest BCUT2D eigenvalue weighted by atomic mass is 10.6. The first-order chi connectivity index (χ1) is 4.56. The zero-order chi connectivity index (χ0) is 8.99. The normalized spacial score (nSPS) is 6.20. The minimum atomic E-state index is -0.639. The summed E-state index contributed by atoms with van der Waals surface area (Å²) in [7, 11) is -0.639. The molecule has 0 saturated carbocycles. The van der Waals surface area contributed by atoms with Crippen LogP contribution in [0.2, 0.25) is 0 Å². The van der Waals surface area contributed by atoms with E-state index in [0.717, 1.165) is 0 Å². The van der Waals surface area contributed by atoms with E-state index in [1.165, 1.54) is 13.8 Å². The molecule has 0 heterocycles. The van der Waals surface area contributed by atoms with Crippen molar-refractivity contribution in [3.05, 3.63) is 0 Å². The van der Waals surface area contributed by atoms with Gasteiger partial charge < -0.3 is 9.90 Å². The Balaban J connectivity index is -0.0000000750. The van der Waals surface area contributed by atoms with E-state index in [1.807, 2.05) is 0 Å². The quantitative estimate of drug-likeness (QED) is 0.474. The van der Waals surface area contributed by atoms with Gasteiger partial charge in [-0.25, -0.2) is 0 Å². The Hall–Kier alpha value is 0.427. The first-order valence-corrected chi connectivity index (χ1v) is 7.04. The van der Waals surface area contributed by atoms with Gasteiger partial charge in [0.25, 0.3) is 0 Å². The van der Waals surface area contributed by atoms with Gasteiger partial charge in [0.05, 0.1) is 0 Å². The van der Waals surface area contributed by atoms with Gasteiger partial charge in [0.2, 0.25) is 8.14 Å². The number of aliphatic hydroxyl groups is 1. The molecular weight excluding hydrogens is 191 g/mol. The molecule has 0 amide bonds. The van der Waals surface area contributed by atoms with Gasteiger partial charge in [-0.15, -0.1) is 0 Å². The van der Waals surface area contributed by atoms with Crippen LogP contribution in [0.25, 0.3) is 0 Å². The van der Waals surface area contributed by atoms with Gasteiger partial charge in [0.1, 0.15) is 5.78 Å². The predicted molar refractivity (Wildman–Crippen MR) is 49.4 cm³/mol. The molecule has 0 unspecified atom stereocenters. The second-order valence-corrected chi connectivity index (χ2v) is 3.95. The largest absolute Gasteiger partial charge is 0.397 e. The van der Waals surface area contributed by atoms with E-state index in [-0.39, 0.29) is 12.4 Å². The highest BCUT2D eigenvalue weighted by atomic mass is 35.7. The van der Waals surface area contributed by atoms with Crippen molar-refractivity contribution in [1.29, 1.82) is 0 Å². The standard InChI is InChI=1S/C3H6O.C2H6O.Cl2H2Si/c1-3(2)4;1-2-3;1-3-2/h1-2H3;3H,2H2,1H3;3H2. The number of carbonyl (C=O) groups excluding carboxylic acids is 1. The van der Waals surface area contributed by atoms with Crippen molar-refractivity contribution in [2.75, 3.05) is 6.61 Å². The maximum absolute atomic E-state index is 9.44. The molecule has 0 bridgehead atoms. The lowest BCUT2D eigenvalue weighted by Crippen LogP contribution is -1.69. The summed E-state index contributed by atoms with van der Waals surface area (Å²) in [6.07, 6.45) is 0. The summed E-state index contributed by atoms with van der Waals surface area (Å²) in [5.41, 5.74) is 0. The molecule has 0 atom stereocenters. The maximum atomic E-state index is 9.44. The van der Waals surface area contributed by atoms with E-state index >= 15 is 0 Å². The van der Waals surface area contributed by atoms with Crippen LogP contribution in [-0.2, 0) is 4.79 Å².